The van der Waals surface area contributed by atoms with E-state index in [1.807, 2.05) is 0 Å². The fourth-order valence-corrected chi connectivity index (χ4v) is 2.68. The standard InChI is InChI=1S/C13H28N2/c1-6-14-9-13(4,5)10-15-8-11(2)7-12(15)3/h11-12,14H,6-10H2,1-5H3. The van der Waals surface area contributed by atoms with E-state index in [2.05, 4.69) is 44.8 Å². The second-order valence-corrected chi connectivity index (χ2v) is 6.06. The minimum Gasteiger partial charge on any atom is -0.316 e. The largest absolute Gasteiger partial charge is 0.316 e. The second kappa shape index (κ2) is 5.31. The first-order valence-corrected chi connectivity index (χ1v) is 6.39. The smallest absolute Gasteiger partial charge is 0.00702 e. The number of hydrogen-bond acceptors (Lipinski definition) is 2. The molecule has 1 aliphatic rings. The monoisotopic (exact) mass is 212 g/mol. The summed E-state index contributed by atoms with van der Waals surface area (Å²) in [6.07, 6.45) is 1.37. The summed E-state index contributed by atoms with van der Waals surface area (Å²) >= 11 is 0. The van der Waals surface area contributed by atoms with Crippen molar-refractivity contribution in [2.24, 2.45) is 11.3 Å². The molecule has 0 bridgehead atoms. The summed E-state index contributed by atoms with van der Waals surface area (Å²) in [7, 11) is 0. The summed E-state index contributed by atoms with van der Waals surface area (Å²) in [6.45, 7) is 16.4. The van der Waals surface area contributed by atoms with E-state index in [4.69, 9.17) is 0 Å². The zero-order chi connectivity index (χ0) is 11.5. The van der Waals surface area contributed by atoms with Crippen LogP contribution >= 0.6 is 0 Å². The Balaban J connectivity index is 2.39. The second-order valence-electron chi connectivity index (χ2n) is 6.06. The lowest BCUT2D eigenvalue weighted by atomic mass is 9.92. The first-order chi connectivity index (χ1) is 6.94. The highest BCUT2D eigenvalue weighted by Gasteiger charge is 2.30. The van der Waals surface area contributed by atoms with Gasteiger partial charge in [-0.2, -0.15) is 0 Å². The molecule has 2 nitrogen and oxygen atoms in total. The van der Waals surface area contributed by atoms with E-state index in [0.717, 1.165) is 25.0 Å². The fourth-order valence-electron chi connectivity index (χ4n) is 2.68. The van der Waals surface area contributed by atoms with Crippen molar-refractivity contribution in [2.75, 3.05) is 26.2 Å². The zero-order valence-corrected chi connectivity index (χ0v) is 11.1. The van der Waals surface area contributed by atoms with Crippen LogP contribution in [-0.4, -0.2) is 37.1 Å². The molecule has 90 valence electrons. The SMILES string of the molecule is CCNCC(C)(C)CN1CC(C)CC1C. The molecule has 15 heavy (non-hydrogen) atoms. The van der Waals surface area contributed by atoms with Crippen LogP contribution in [0.4, 0.5) is 0 Å². The highest BCUT2D eigenvalue weighted by atomic mass is 15.2. The average molecular weight is 212 g/mol. The van der Waals surface area contributed by atoms with Gasteiger partial charge in [0.25, 0.3) is 0 Å². The summed E-state index contributed by atoms with van der Waals surface area (Å²) in [6, 6.07) is 0.779. The molecule has 1 aliphatic heterocycles. The Morgan fingerprint density at radius 3 is 2.47 bits per heavy atom. The lowest BCUT2D eigenvalue weighted by molar-refractivity contribution is 0.168. The molecule has 1 N–H and O–H groups in total. The van der Waals surface area contributed by atoms with E-state index >= 15 is 0 Å². The van der Waals surface area contributed by atoms with Crippen molar-refractivity contribution < 1.29 is 0 Å². The van der Waals surface area contributed by atoms with Crippen molar-refractivity contribution in [2.45, 2.75) is 47.1 Å². The van der Waals surface area contributed by atoms with Gasteiger partial charge in [-0.15, -0.1) is 0 Å². The maximum Gasteiger partial charge on any atom is 0.00702 e. The van der Waals surface area contributed by atoms with Gasteiger partial charge in [0.15, 0.2) is 0 Å². The molecule has 2 atom stereocenters. The summed E-state index contributed by atoms with van der Waals surface area (Å²) in [5, 5.41) is 3.46. The first-order valence-electron chi connectivity index (χ1n) is 6.39. The van der Waals surface area contributed by atoms with E-state index < -0.39 is 0 Å². The number of hydrogen-bond donors (Lipinski definition) is 1. The van der Waals surface area contributed by atoms with E-state index in [0.29, 0.717) is 5.41 Å². The molecule has 2 heteroatoms. The van der Waals surface area contributed by atoms with Gasteiger partial charge in [0.1, 0.15) is 0 Å². The van der Waals surface area contributed by atoms with Crippen LogP contribution in [0.15, 0.2) is 0 Å². The minimum absolute atomic E-state index is 0.397. The van der Waals surface area contributed by atoms with Gasteiger partial charge in [-0.3, -0.25) is 4.90 Å². The Morgan fingerprint density at radius 2 is 2.00 bits per heavy atom. The van der Waals surface area contributed by atoms with Crippen molar-refractivity contribution in [3.8, 4) is 0 Å². The topological polar surface area (TPSA) is 15.3 Å². The maximum atomic E-state index is 3.46. The highest BCUT2D eigenvalue weighted by Crippen LogP contribution is 2.26. The van der Waals surface area contributed by atoms with Crippen molar-refractivity contribution in [1.29, 1.82) is 0 Å². The van der Waals surface area contributed by atoms with Gasteiger partial charge in [0.05, 0.1) is 0 Å². The maximum absolute atomic E-state index is 3.46. The molecule has 0 aromatic carbocycles. The number of likely N-dealkylation sites (tertiary alicyclic amines) is 1. The van der Waals surface area contributed by atoms with Crippen LogP contribution in [0.5, 0.6) is 0 Å². The van der Waals surface area contributed by atoms with Gasteiger partial charge in [-0.1, -0.05) is 27.7 Å². The zero-order valence-electron chi connectivity index (χ0n) is 11.1. The number of nitrogens with zero attached hydrogens (tertiary/aromatic N) is 1. The summed E-state index contributed by atoms with van der Waals surface area (Å²) in [5.74, 6) is 0.884. The third-order valence-electron chi connectivity index (χ3n) is 3.40. The van der Waals surface area contributed by atoms with E-state index in [1.165, 1.54) is 19.5 Å². The molecule has 0 saturated carbocycles. The Morgan fingerprint density at radius 1 is 1.33 bits per heavy atom. The lowest BCUT2D eigenvalue weighted by Crippen LogP contribution is -2.41. The predicted octanol–water partition coefficient (Wildman–Crippen LogP) is 2.35. The molecule has 0 aromatic rings. The van der Waals surface area contributed by atoms with Crippen molar-refractivity contribution in [3.63, 3.8) is 0 Å². The van der Waals surface area contributed by atoms with Crippen LogP contribution < -0.4 is 5.32 Å². The lowest BCUT2D eigenvalue weighted by Gasteiger charge is -2.32. The van der Waals surface area contributed by atoms with Gasteiger partial charge in [-0.25, -0.2) is 0 Å². The molecule has 1 saturated heterocycles. The molecular formula is C13H28N2. The van der Waals surface area contributed by atoms with Gasteiger partial charge in [0.2, 0.25) is 0 Å². The van der Waals surface area contributed by atoms with E-state index in [9.17, 15) is 0 Å². The Bertz CT molecular complexity index is 189. The predicted molar refractivity (Wildman–Crippen MR) is 67.1 cm³/mol. The molecule has 0 radical (unpaired) electrons. The molecule has 1 heterocycles. The molecule has 1 fully saturated rings. The van der Waals surface area contributed by atoms with Crippen molar-refractivity contribution in [1.82, 2.24) is 10.2 Å². The first kappa shape index (κ1) is 13.0. The van der Waals surface area contributed by atoms with E-state index in [-0.39, 0.29) is 0 Å². The Hall–Kier alpha value is -0.0800. The number of rotatable bonds is 5. The van der Waals surface area contributed by atoms with Gasteiger partial charge in [0, 0.05) is 25.7 Å². The van der Waals surface area contributed by atoms with Crippen LogP contribution in [-0.2, 0) is 0 Å². The molecule has 0 spiro atoms. The summed E-state index contributed by atoms with van der Waals surface area (Å²) in [4.78, 5) is 2.65. The molecular weight excluding hydrogens is 184 g/mol. The van der Waals surface area contributed by atoms with Crippen LogP contribution in [0.1, 0.15) is 41.0 Å². The normalized spacial score (nSPS) is 28.6. The summed E-state index contributed by atoms with van der Waals surface area (Å²) in [5.41, 5.74) is 0.397. The third-order valence-corrected chi connectivity index (χ3v) is 3.40. The van der Waals surface area contributed by atoms with Crippen LogP contribution in [0.3, 0.4) is 0 Å². The fraction of sp³-hybridized carbons (Fsp3) is 1.00. The number of nitrogens with one attached hydrogen (secondary N) is 1. The molecule has 0 amide bonds. The molecule has 1 rings (SSSR count). The van der Waals surface area contributed by atoms with Crippen molar-refractivity contribution >= 4 is 0 Å². The quantitative estimate of drug-likeness (QED) is 0.752. The summed E-state index contributed by atoms with van der Waals surface area (Å²) < 4.78 is 0. The Kier molecular flexibility index (Phi) is 4.60. The Labute approximate surface area is 95.4 Å². The highest BCUT2D eigenvalue weighted by molar-refractivity contribution is 4.85. The van der Waals surface area contributed by atoms with Gasteiger partial charge >= 0.3 is 0 Å². The van der Waals surface area contributed by atoms with Crippen LogP contribution in [0.2, 0.25) is 0 Å². The molecule has 2 unspecified atom stereocenters. The van der Waals surface area contributed by atoms with E-state index in [1.54, 1.807) is 0 Å². The average Bonchev–Trinajstić information content (AvgIpc) is 2.41. The van der Waals surface area contributed by atoms with Gasteiger partial charge < -0.3 is 5.32 Å². The molecule has 0 aromatic heterocycles. The van der Waals surface area contributed by atoms with Gasteiger partial charge in [-0.05, 0) is 31.2 Å². The van der Waals surface area contributed by atoms with Crippen molar-refractivity contribution in [3.05, 3.63) is 0 Å². The third kappa shape index (κ3) is 4.12. The van der Waals surface area contributed by atoms with Crippen LogP contribution in [0.25, 0.3) is 0 Å². The molecule has 0 aliphatic carbocycles. The van der Waals surface area contributed by atoms with Crippen LogP contribution in [0, 0.1) is 11.3 Å². The minimum atomic E-state index is 0.397.